The molecule has 1 aromatic rings. The largest absolute Gasteiger partial charge is 0.497 e. The van der Waals surface area contributed by atoms with Crippen molar-refractivity contribution in [3.8, 4) is 5.75 Å². The second kappa shape index (κ2) is 12.3. The van der Waals surface area contributed by atoms with Crippen LogP contribution < -0.4 is 10.1 Å². The Balaban J connectivity index is 0.00000280. The minimum Gasteiger partial charge on any atom is -0.497 e. The number of amides is 1. The number of ether oxygens (including phenoxy) is 1. The summed E-state index contributed by atoms with van der Waals surface area (Å²) in [5, 5.41) is 3.47. The number of halogens is 1. The third-order valence-corrected chi connectivity index (χ3v) is 5.90. The van der Waals surface area contributed by atoms with E-state index in [4.69, 9.17) is 4.74 Å². The number of benzene rings is 1. The fraction of sp³-hybridized carbons (Fsp3) is 0.682. The van der Waals surface area contributed by atoms with Gasteiger partial charge in [0.25, 0.3) is 0 Å². The predicted octanol–water partition coefficient (Wildman–Crippen LogP) is 3.12. The Bertz CT molecular complexity index is 587. The van der Waals surface area contributed by atoms with Gasteiger partial charge in [0.2, 0.25) is 5.91 Å². The smallest absolute Gasteiger partial charge is 0.223 e. The molecule has 2 aliphatic rings. The SMILES string of the molecule is COc1cccc(CCC(=O)N(CCN2CCCCC2)C2CCCNC2)c1.Cl. The van der Waals surface area contributed by atoms with Crippen LogP contribution in [0, 0.1) is 0 Å². The van der Waals surface area contributed by atoms with Gasteiger partial charge in [-0.25, -0.2) is 0 Å². The standard InChI is InChI=1S/C22H35N3O2.ClH/c1-27-21-9-5-7-19(17-21)10-11-22(26)25(20-8-6-12-23-18-20)16-15-24-13-3-2-4-14-24;/h5,7,9,17,20,23H,2-4,6,8,10-16,18H2,1H3;1H. The van der Waals surface area contributed by atoms with Gasteiger partial charge in [-0.05, 0) is 69.4 Å². The molecule has 0 aliphatic carbocycles. The lowest BCUT2D eigenvalue weighted by Crippen LogP contribution is -2.51. The van der Waals surface area contributed by atoms with Crippen LogP contribution >= 0.6 is 12.4 Å². The first-order valence-corrected chi connectivity index (χ1v) is 10.6. The molecule has 1 amide bonds. The average molecular weight is 410 g/mol. The number of nitrogens with one attached hydrogen (secondary N) is 1. The molecule has 1 N–H and O–H groups in total. The van der Waals surface area contributed by atoms with Crippen LogP contribution in [0.15, 0.2) is 24.3 Å². The summed E-state index contributed by atoms with van der Waals surface area (Å²) in [6.07, 6.45) is 7.59. The van der Waals surface area contributed by atoms with E-state index in [-0.39, 0.29) is 12.4 Å². The molecule has 1 aromatic carbocycles. The van der Waals surface area contributed by atoms with Crippen LogP contribution in [0.2, 0.25) is 0 Å². The number of nitrogens with zero attached hydrogens (tertiary/aromatic N) is 2. The van der Waals surface area contributed by atoms with Gasteiger partial charge in [-0.2, -0.15) is 0 Å². The van der Waals surface area contributed by atoms with Gasteiger partial charge in [0.05, 0.1) is 7.11 Å². The first-order chi connectivity index (χ1) is 13.3. The summed E-state index contributed by atoms with van der Waals surface area (Å²) in [6, 6.07) is 8.41. The molecule has 0 aromatic heterocycles. The summed E-state index contributed by atoms with van der Waals surface area (Å²) in [4.78, 5) is 17.8. The topological polar surface area (TPSA) is 44.8 Å². The van der Waals surface area contributed by atoms with Gasteiger partial charge in [-0.3, -0.25) is 4.79 Å². The van der Waals surface area contributed by atoms with Crippen LogP contribution in [-0.4, -0.2) is 68.1 Å². The Morgan fingerprint density at radius 3 is 2.79 bits per heavy atom. The molecule has 1 unspecified atom stereocenters. The highest BCUT2D eigenvalue weighted by Crippen LogP contribution is 2.17. The van der Waals surface area contributed by atoms with Crippen LogP contribution in [0.3, 0.4) is 0 Å². The molecule has 0 saturated carbocycles. The van der Waals surface area contributed by atoms with E-state index in [1.807, 2.05) is 18.2 Å². The molecule has 158 valence electrons. The van der Waals surface area contributed by atoms with Crippen molar-refractivity contribution >= 4 is 18.3 Å². The summed E-state index contributed by atoms with van der Waals surface area (Å²) in [5.41, 5.74) is 1.17. The lowest BCUT2D eigenvalue weighted by atomic mass is 10.0. The molecular weight excluding hydrogens is 374 g/mol. The summed E-state index contributed by atoms with van der Waals surface area (Å²) >= 11 is 0. The van der Waals surface area contributed by atoms with E-state index >= 15 is 0 Å². The lowest BCUT2D eigenvalue weighted by Gasteiger charge is -2.37. The van der Waals surface area contributed by atoms with Crippen LogP contribution in [-0.2, 0) is 11.2 Å². The van der Waals surface area contributed by atoms with E-state index in [0.29, 0.717) is 18.4 Å². The normalized spacial score (nSPS) is 20.2. The van der Waals surface area contributed by atoms with Crippen molar-refractivity contribution in [3.63, 3.8) is 0 Å². The average Bonchev–Trinajstić information content (AvgIpc) is 2.74. The Kier molecular flexibility index (Phi) is 10.1. The monoisotopic (exact) mass is 409 g/mol. The van der Waals surface area contributed by atoms with Crippen LogP contribution in [0.4, 0.5) is 0 Å². The molecule has 2 aliphatic heterocycles. The van der Waals surface area contributed by atoms with Gasteiger partial charge in [0.15, 0.2) is 0 Å². The first kappa shape index (κ1) is 23.0. The Labute approximate surface area is 176 Å². The Hall–Kier alpha value is -1.30. The molecule has 2 saturated heterocycles. The van der Waals surface area contributed by atoms with Crippen molar-refractivity contribution in [3.05, 3.63) is 29.8 Å². The van der Waals surface area contributed by atoms with Gasteiger partial charge in [0, 0.05) is 32.1 Å². The molecule has 0 spiro atoms. The molecule has 28 heavy (non-hydrogen) atoms. The summed E-state index contributed by atoms with van der Waals surface area (Å²) in [5.74, 6) is 1.15. The van der Waals surface area contributed by atoms with Crippen molar-refractivity contribution in [2.45, 2.75) is 51.0 Å². The highest BCUT2D eigenvalue weighted by atomic mass is 35.5. The second-order valence-corrected chi connectivity index (χ2v) is 7.84. The van der Waals surface area contributed by atoms with Crippen molar-refractivity contribution < 1.29 is 9.53 Å². The van der Waals surface area contributed by atoms with Crippen molar-refractivity contribution in [2.24, 2.45) is 0 Å². The Morgan fingerprint density at radius 2 is 2.07 bits per heavy atom. The zero-order chi connectivity index (χ0) is 18.9. The van der Waals surface area contributed by atoms with Gasteiger partial charge in [-0.15, -0.1) is 12.4 Å². The summed E-state index contributed by atoms with van der Waals surface area (Å²) in [7, 11) is 1.68. The maximum absolute atomic E-state index is 13.1. The van der Waals surface area contributed by atoms with E-state index in [2.05, 4.69) is 21.2 Å². The number of hydrogen-bond donors (Lipinski definition) is 1. The zero-order valence-electron chi connectivity index (χ0n) is 17.2. The molecule has 2 heterocycles. The van der Waals surface area contributed by atoms with E-state index in [1.165, 1.54) is 37.9 Å². The van der Waals surface area contributed by atoms with Crippen molar-refractivity contribution in [2.75, 3.05) is 46.4 Å². The Morgan fingerprint density at radius 1 is 1.25 bits per heavy atom. The molecule has 1 atom stereocenters. The summed E-state index contributed by atoms with van der Waals surface area (Å²) in [6.45, 7) is 6.27. The zero-order valence-corrected chi connectivity index (χ0v) is 18.0. The number of likely N-dealkylation sites (tertiary alicyclic amines) is 1. The maximum atomic E-state index is 13.1. The predicted molar refractivity (Wildman–Crippen MR) is 116 cm³/mol. The van der Waals surface area contributed by atoms with Crippen LogP contribution in [0.5, 0.6) is 5.75 Å². The van der Waals surface area contributed by atoms with Gasteiger partial charge in [-0.1, -0.05) is 18.6 Å². The van der Waals surface area contributed by atoms with Gasteiger partial charge < -0.3 is 19.9 Å². The molecule has 2 fully saturated rings. The molecule has 0 bridgehead atoms. The van der Waals surface area contributed by atoms with Gasteiger partial charge in [0.1, 0.15) is 5.75 Å². The lowest BCUT2D eigenvalue weighted by molar-refractivity contribution is -0.134. The molecule has 3 rings (SSSR count). The van der Waals surface area contributed by atoms with E-state index < -0.39 is 0 Å². The molecule has 0 radical (unpaired) electrons. The van der Waals surface area contributed by atoms with Crippen molar-refractivity contribution in [1.29, 1.82) is 0 Å². The van der Waals surface area contributed by atoms with Crippen LogP contribution in [0.25, 0.3) is 0 Å². The third kappa shape index (κ3) is 6.94. The minimum atomic E-state index is 0. The number of aryl methyl sites for hydroxylation is 1. The molecule has 5 nitrogen and oxygen atoms in total. The molecular formula is C22H36ClN3O2. The number of methoxy groups -OCH3 is 1. The van der Waals surface area contributed by atoms with E-state index in [1.54, 1.807) is 7.11 Å². The number of piperidine rings is 2. The minimum absolute atomic E-state index is 0. The number of carbonyl (C=O) groups is 1. The fourth-order valence-corrected chi connectivity index (χ4v) is 4.27. The van der Waals surface area contributed by atoms with Crippen LogP contribution in [0.1, 0.15) is 44.1 Å². The fourth-order valence-electron chi connectivity index (χ4n) is 4.27. The third-order valence-electron chi connectivity index (χ3n) is 5.90. The number of carbonyl (C=O) groups excluding carboxylic acids is 1. The summed E-state index contributed by atoms with van der Waals surface area (Å²) < 4.78 is 5.30. The van der Waals surface area contributed by atoms with Crippen molar-refractivity contribution in [1.82, 2.24) is 15.1 Å². The molecule has 6 heteroatoms. The van der Waals surface area contributed by atoms with Gasteiger partial charge >= 0.3 is 0 Å². The first-order valence-electron chi connectivity index (χ1n) is 10.6. The number of hydrogen-bond acceptors (Lipinski definition) is 4. The second-order valence-electron chi connectivity index (χ2n) is 7.84. The number of rotatable bonds is 8. The van der Waals surface area contributed by atoms with E-state index in [9.17, 15) is 4.79 Å². The quantitative estimate of drug-likeness (QED) is 0.716. The van der Waals surface area contributed by atoms with E-state index in [0.717, 1.165) is 51.2 Å². The maximum Gasteiger partial charge on any atom is 0.223 e. The highest BCUT2D eigenvalue weighted by Gasteiger charge is 2.25. The highest BCUT2D eigenvalue weighted by molar-refractivity contribution is 5.85.